The van der Waals surface area contributed by atoms with Crippen LogP contribution in [0.4, 0.5) is 0 Å². The lowest BCUT2D eigenvalue weighted by Crippen LogP contribution is -2.57. The van der Waals surface area contributed by atoms with Crippen molar-refractivity contribution in [3.63, 3.8) is 0 Å². The summed E-state index contributed by atoms with van der Waals surface area (Å²) in [7, 11) is 0. The number of hydrogen-bond donors (Lipinski definition) is 6. The Kier molecular flexibility index (Phi) is 10.3. The summed E-state index contributed by atoms with van der Waals surface area (Å²) >= 11 is 3.93. The Balaban J connectivity index is 2.11. The van der Waals surface area contributed by atoms with E-state index in [0.717, 1.165) is 5.56 Å². The molecule has 1 saturated heterocycles. The molecular weight excluding hydrogens is 462 g/mol. The molecule has 0 radical (unpaired) electrons. The van der Waals surface area contributed by atoms with E-state index in [1.54, 1.807) is 0 Å². The molecule has 0 spiro atoms. The minimum atomic E-state index is -1.24. The molecule has 2 rings (SSSR count). The van der Waals surface area contributed by atoms with Crippen molar-refractivity contribution in [2.24, 2.45) is 11.5 Å². The van der Waals surface area contributed by atoms with Crippen LogP contribution in [-0.2, 0) is 30.4 Å². The van der Waals surface area contributed by atoms with Crippen LogP contribution in [0.15, 0.2) is 30.3 Å². The highest BCUT2D eigenvalue weighted by Crippen LogP contribution is 2.20. The van der Waals surface area contributed by atoms with Gasteiger partial charge in [-0.25, -0.2) is 4.79 Å². The number of aliphatic carboxylic acids is 1. The predicted molar refractivity (Wildman–Crippen MR) is 127 cm³/mol. The van der Waals surface area contributed by atoms with E-state index in [9.17, 15) is 24.0 Å². The number of nitrogens with two attached hydrogens (primary N) is 2. The van der Waals surface area contributed by atoms with E-state index in [2.05, 4.69) is 23.3 Å². The number of primary amides is 1. The topological polar surface area (TPSA) is 185 Å². The Morgan fingerprint density at radius 3 is 2.38 bits per heavy atom. The van der Waals surface area contributed by atoms with Gasteiger partial charge < -0.3 is 32.1 Å². The summed E-state index contributed by atoms with van der Waals surface area (Å²) in [4.78, 5) is 62.5. The van der Waals surface area contributed by atoms with Gasteiger partial charge in [-0.05, 0) is 31.2 Å². The fraction of sp³-hybridized carbons (Fsp3) is 0.500. The van der Waals surface area contributed by atoms with Crippen LogP contribution in [0.1, 0.15) is 31.2 Å². The normalized spacial score (nSPS) is 17.9. The summed E-state index contributed by atoms with van der Waals surface area (Å²) in [5.74, 6) is -3.75. The second kappa shape index (κ2) is 12.9. The van der Waals surface area contributed by atoms with Gasteiger partial charge in [-0.1, -0.05) is 30.3 Å². The summed E-state index contributed by atoms with van der Waals surface area (Å²) < 4.78 is 0. The summed E-state index contributed by atoms with van der Waals surface area (Å²) in [5, 5.41) is 14.1. The molecule has 0 bridgehead atoms. The van der Waals surface area contributed by atoms with Crippen molar-refractivity contribution in [1.82, 2.24) is 15.5 Å². The number of amides is 4. The summed E-state index contributed by atoms with van der Waals surface area (Å²) in [5.41, 5.74) is 12.1. The first-order valence-corrected chi connectivity index (χ1v) is 11.6. The molecule has 7 N–H and O–H groups in total. The highest BCUT2D eigenvalue weighted by atomic mass is 32.1. The monoisotopic (exact) mass is 493 g/mol. The maximum atomic E-state index is 13.3. The highest BCUT2D eigenvalue weighted by Gasteiger charge is 2.39. The van der Waals surface area contributed by atoms with Gasteiger partial charge in [-0.3, -0.25) is 19.2 Å². The molecule has 0 aromatic heterocycles. The van der Waals surface area contributed by atoms with E-state index in [-0.39, 0.29) is 31.6 Å². The lowest BCUT2D eigenvalue weighted by Gasteiger charge is -2.29. The first-order chi connectivity index (χ1) is 16.1. The minimum Gasteiger partial charge on any atom is -0.480 e. The lowest BCUT2D eigenvalue weighted by atomic mass is 10.0. The lowest BCUT2D eigenvalue weighted by molar-refractivity contribution is -0.144. The van der Waals surface area contributed by atoms with Crippen molar-refractivity contribution in [2.75, 3.05) is 12.3 Å². The summed E-state index contributed by atoms with van der Waals surface area (Å²) in [6.07, 6.45) is 0.888. The minimum absolute atomic E-state index is 0.0583. The second-order valence-corrected chi connectivity index (χ2v) is 8.50. The van der Waals surface area contributed by atoms with Gasteiger partial charge in [0.1, 0.15) is 18.1 Å². The number of thiol groups is 1. The summed E-state index contributed by atoms with van der Waals surface area (Å²) in [6, 6.07) is 4.98. The van der Waals surface area contributed by atoms with E-state index in [1.165, 1.54) is 4.90 Å². The van der Waals surface area contributed by atoms with E-state index < -0.39 is 53.8 Å². The van der Waals surface area contributed by atoms with Gasteiger partial charge in [0, 0.05) is 18.7 Å². The molecule has 0 saturated carbocycles. The van der Waals surface area contributed by atoms with Gasteiger partial charge in [0.25, 0.3) is 0 Å². The first kappa shape index (κ1) is 27.1. The van der Waals surface area contributed by atoms with Crippen molar-refractivity contribution >= 4 is 42.2 Å². The fourth-order valence-corrected chi connectivity index (χ4v) is 3.99. The van der Waals surface area contributed by atoms with Crippen LogP contribution in [-0.4, -0.2) is 76.1 Å². The molecular formula is C22H31N5O6S. The van der Waals surface area contributed by atoms with Gasteiger partial charge in [0.2, 0.25) is 23.6 Å². The maximum absolute atomic E-state index is 13.3. The van der Waals surface area contributed by atoms with Crippen molar-refractivity contribution in [3.05, 3.63) is 35.9 Å². The molecule has 11 nitrogen and oxygen atoms in total. The van der Waals surface area contributed by atoms with Crippen molar-refractivity contribution in [3.8, 4) is 0 Å². The maximum Gasteiger partial charge on any atom is 0.327 e. The standard InChI is InChI=1S/C22H31N5O6S/c23-14(11-13-5-2-1-3-6-13)19(29)25-15(8-9-18(24)28)21(31)27-10-4-7-17(27)20(30)26-16(12-34)22(32)33/h1-3,5-6,14-17,34H,4,7-12,23H2,(H2,24,28)(H,25,29)(H,26,30)(H,32,33). The molecule has 186 valence electrons. The molecule has 4 unspecified atom stereocenters. The van der Waals surface area contributed by atoms with E-state index in [4.69, 9.17) is 16.6 Å². The highest BCUT2D eigenvalue weighted by molar-refractivity contribution is 7.80. The number of carbonyl (C=O) groups excluding carboxylic acids is 4. The number of rotatable bonds is 12. The first-order valence-electron chi connectivity index (χ1n) is 11.0. The van der Waals surface area contributed by atoms with Crippen LogP contribution in [0, 0.1) is 0 Å². The van der Waals surface area contributed by atoms with Crippen LogP contribution in [0.2, 0.25) is 0 Å². The van der Waals surface area contributed by atoms with Gasteiger partial charge in [0.05, 0.1) is 6.04 Å². The van der Waals surface area contributed by atoms with Gasteiger partial charge in [-0.2, -0.15) is 12.6 Å². The molecule has 4 amide bonds. The Labute approximate surface area is 203 Å². The molecule has 1 aromatic carbocycles. The smallest absolute Gasteiger partial charge is 0.327 e. The summed E-state index contributed by atoms with van der Waals surface area (Å²) in [6.45, 7) is 0.245. The third kappa shape index (κ3) is 7.73. The quantitative estimate of drug-likeness (QED) is 0.197. The van der Waals surface area contributed by atoms with Crippen LogP contribution >= 0.6 is 12.6 Å². The number of carboxylic acid groups (broad SMARTS) is 1. The molecule has 34 heavy (non-hydrogen) atoms. The van der Waals surface area contributed by atoms with Crippen LogP contribution in [0.5, 0.6) is 0 Å². The SMILES string of the molecule is NC(=O)CCC(NC(=O)C(N)Cc1ccccc1)C(=O)N1CCCC1C(=O)NC(CS)C(=O)O. The molecule has 1 fully saturated rings. The van der Waals surface area contributed by atoms with Crippen LogP contribution in [0.25, 0.3) is 0 Å². The third-order valence-corrected chi connectivity index (χ3v) is 5.93. The number of likely N-dealkylation sites (tertiary alicyclic amines) is 1. The number of carboxylic acids is 1. The third-order valence-electron chi connectivity index (χ3n) is 5.56. The predicted octanol–water partition coefficient (Wildman–Crippen LogP) is -1.20. The molecule has 12 heteroatoms. The van der Waals surface area contributed by atoms with E-state index in [1.807, 2.05) is 30.3 Å². The molecule has 4 atom stereocenters. The van der Waals surface area contributed by atoms with Crippen molar-refractivity contribution in [2.45, 2.75) is 56.3 Å². The zero-order valence-corrected chi connectivity index (χ0v) is 19.6. The van der Waals surface area contributed by atoms with Crippen molar-refractivity contribution < 1.29 is 29.1 Å². The van der Waals surface area contributed by atoms with E-state index in [0.29, 0.717) is 12.8 Å². The van der Waals surface area contributed by atoms with Crippen molar-refractivity contribution in [1.29, 1.82) is 0 Å². The number of carbonyl (C=O) groups is 5. The van der Waals surface area contributed by atoms with Gasteiger partial charge in [0.15, 0.2) is 0 Å². The average Bonchev–Trinajstić information content (AvgIpc) is 3.29. The molecule has 1 aliphatic rings. The number of nitrogens with one attached hydrogen (secondary N) is 2. The second-order valence-electron chi connectivity index (χ2n) is 8.13. The molecule has 1 aliphatic heterocycles. The largest absolute Gasteiger partial charge is 0.480 e. The Bertz CT molecular complexity index is 899. The molecule has 1 aromatic rings. The van der Waals surface area contributed by atoms with Gasteiger partial charge in [-0.15, -0.1) is 0 Å². The average molecular weight is 494 g/mol. The number of hydrogen-bond acceptors (Lipinski definition) is 7. The zero-order chi connectivity index (χ0) is 25.3. The Morgan fingerprint density at radius 1 is 1.12 bits per heavy atom. The number of nitrogens with zero attached hydrogens (tertiary/aromatic N) is 1. The number of benzene rings is 1. The van der Waals surface area contributed by atoms with E-state index >= 15 is 0 Å². The molecule has 1 heterocycles. The van der Waals surface area contributed by atoms with Crippen LogP contribution in [0.3, 0.4) is 0 Å². The van der Waals surface area contributed by atoms with Crippen LogP contribution < -0.4 is 22.1 Å². The fourth-order valence-electron chi connectivity index (χ4n) is 3.74. The Hall–Kier alpha value is -3.12. The Morgan fingerprint density at radius 2 is 1.79 bits per heavy atom. The van der Waals surface area contributed by atoms with Gasteiger partial charge >= 0.3 is 5.97 Å². The zero-order valence-electron chi connectivity index (χ0n) is 18.7. The molecule has 0 aliphatic carbocycles.